The zero-order valence-electron chi connectivity index (χ0n) is 16.2. The summed E-state index contributed by atoms with van der Waals surface area (Å²) in [6, 6.07) is 5.38. The first-order chi connectivity index (χ1) is 13.1. The lowest BCUT2D eigenvalue weighted by molar-refractivity contribution is -0.120. The highest BCUT2D eigenvalue weighted by Crippen LogP contribution is 2.30. The summed E-state index contributed by atoms with van der Waals surface area (Å²) in [7, 11) is -0.669. The zero-order chi connectivity index (χ0) is 20.6. The smallest absolute Gasteiger partial charge is 0.280 e. The fraction of sp³-hybridized carbons (Fsp3) is 0.444. The largest absolute Gasteiger partial charge is 0.389 e. The molecule has 0 saturated carbocycles. The lowest BCUT2D eigenvalue weighted by Gasteiger charge is -2.36. The van der Waals surface area contributed by atoms with Crippen LogP contribution in [0.1, 0.15) is 42.3 Å². The summed E-state index contributed by atoms with van der Waals surface area (Å²) in [5.41, 5.74) is 2.73. The minimum atomic E-state index is -3.82. The second kappa shape index (κ2) is 7.63. The summed E-state index contributed by atoms with van der Waals surface area (Å²) in [5.74, 6) is -0.413. The van der Waals surface area contributed by atoms with E-state index in [0.717, 1.165) is 15.4 Å². The van der Waals surface area contributed by atoms with E-state index in [1.54, 1.807) is 56.0 Å². The summed E-state index contributed by atoms with van der Waals surface area (Å²) in [5, 5.41) is 16.6. The molecule has 1 aliphatic heterocycles. The quantitative estimate of drug-likeness (QED) is 0.699. The molecule has 3 rings (SSSR count). The molecule has 0 unspecified atom stereocenters. The van der Waals surface area contributed by atoms with E-state index in [1.165, 1.54) is 7.05 Å². The molecule has 1 amide bonds. The summed E-state index contributed by atoms with van der Waals surface area (Å²) in [6.45, 7) is 3.46. The zero-order valence-corrected chi connectivity index (χ0v) is 17.1. The number of amides is 1. The Bertz CT molecular complexity index is 968. The Balaban J connectivity index is 1.82. The van der Waals surface area contributed by atoms with Gasteiger partial charge in [0, 0.05) is 31.5 Å². The molecule has 1 aromatic heterocycles. The molecule has 0 radical (unpaired) electrons. The maximum absolute atomic E-state index is 12.8. The van der Waals surface area contributed by atoms with Gasteiger partial charge in [0.2, 0.25) is 5.91 Å². The number of aliphatic hydroxyl groups excluding tert-OH is 1. The van der Waals surface area contributed by atoms with Crippen LogP contribution in [0.5, 0.6) is 0 Å². The molecule has 3 atom stereocenters. The van der Waals surface area contributed by atoms with E-state index in [0.29, 0.717) is 11.4 Å². The molecule has 3 N–H and O–H groups in total. The van der Waals surface area contributed by atoms with Crippen LogP contribution in [-0.2, 0) is 22.1 Å². The highest BCUT2D eigenvalue weighted by atomic mass is 32.2. The third kappa shape index (κ3) is 4.09. The molecular weight excluding hydrogens is 382 g/mol. The molecule has 2 heterocycles. The van der Waals surface area contributed by atoms with Gasteiger partial charge in [-0.15, -0.1) is 0 Å². The van der Waals surface area contributed by atoms with Gasteiger partial charge in [-0.2, -0.15) is 22.5 Å². The third-order valence-corrected chi connectivity index (χ3v) is 6.55. The molecular formula is C18H25N5O4S. The average molecular weight is 407 g/mol. The number of aromatic nitrogens is 2. The summed E-state index contributed by atoms with van der Waals surface area (Å²) < 4.78 is 30.4. The normalized spacial score (nSPS) is 23.3. The van der Waals surface area contributed by atoms with Crippen molar-refractivity contribution in [1.82, 2.24) is 18.8 Å². The molecule has 152 valence electrons. The fourth-order valence-corrected chi connectivity index (χ4v) is 4.61. The Kier molecular flexibility index (Phi) is 5.57. The van der Waals surface area contributed by atoms with Gasteiger partial charge in [0.1, 0.15) is 6.04 Å². The Morgan fingerprint density at radius 1 is 1.32 bits per heavy atom. The number of carbonyl (C=O) groups excluding carboxylic acids is 1. The van der Waals surface area contributed by atoms with Gasteiger partial charge in [-0.05, 0) is 38.0 Å². The summed E-state index contributed by atoms with van der Waals surface area (Å²) >= 11 is 0. The maximum atomic E-state index is 12.8. The van der Waals surface area contributed by atoms with Gasteiger partial charge in [-0.3, -0.25) is 9.48 Å². The number of likely N-dealkylation sites (N-methyl/N-ethyl adjacent to an activating group) is 1. The first-order valence-corrected chi connectivity index (χ1v) is 10.4. The Morgan fingerprint density at radius 3 is 2.50 bits per heavy atom. The standard InChI is InChI=1S/C18H25N5O4S/c1-11-15(10-22(3)20-11)16-9-17(23(4)28(26,27)21-16)18(25)19-14-7-5-13(6-8-14)12(2)24/h5-8,10,12,16-17,21,24H,9H2,1-4H3,(H,19,25)/t12-,16+,17+/m1/s1. The van der Waals surface area contributed by atoms with Gasteiger partial charge in [0.15, 0.2) is 0 Å². The van der Waals surface area contributed by atoms with Gasteiger partial charge in [-0.25, -0.2) is 0 Å². The molecule has 9 nitrogen and oxygen atoms in total. The van der Waals surface area contributed by atoms with Gasteiger partial charge < -0.3 is 10.4 Å². The van der Waals surface area contributed by atoms with Crippen LogP contribution < -0.4 is 10.0 Å². The molecule has 1 saturated heterocycles. The van der Waals surface area contributed by atoms with Crippen molar-refractivity contribution in [2.24, 2.45) is 7.05 Å². The van der Waals surface area contributed by atoms with Crippen LogP contribution in [0.15, 0.2) is 30.5 Å². The van der Waals surface area contributed by atoms with Crippen molar-refractivity contribution in [1.29, 1.82) is 0 Å². The van der Waals surface area contributed by atoms with Crippen LogP contribution >= 0.6 is 0 Å². The van der Waals surface area contributed by atoms with E-state index in [4.69, 9.17) is 0 Å². The maximum Gasteiger partial charge on any atom is 0.280 e. The number of carbonyl (C=O) groups is 1. The number of hydrogen-bond donors (Lipinski definition) is 3. The first kappa shape index (κ1) is 20.5. The van der Waals surface area contributed by atoms with E-state index in [2.05, 4.69) is 15.1 Å². The minimum absolute atomic E-state index is 0.278. The van der Waals surface area contributed by atoms with E-state index in [1.807, 2.05) is 0 Å². The molecule has 1 aliphatic rings. The van der Waals surface area contributed by atoms with Crippen LogP contribution in [0.3, 0.4) is 0 Å². The molecule has 28 heavy (non-hydrogen) atoms. The molecule has 0 spiro atoms. The topological polar surface area (TPSA) is 117 Å². The molecule has 1 aromatic carbocycles. The van der Waals surface area contributed by atoms with E-state index in [9.17, 15) is 18.3 Å². The van der Waals surface area contributed by atoms with Gasteiger partial charge in [0.25, 0.3) is 10.2 Å². The van der Waals surface area contributed by atoms with E-state index >= 15 is 0 Å². The fourth-order valence-electron chi connectivity index (χ4n) is 3.34. The number of rotatable bonds is 4. The molecule has 1 fully saturated rings. The number of nitrogens with zero attached hydrogens (tertiary/aromatic N) is 3. The monoisotopic (exact) mass is 407 g/mol. The van der Waals surface area contributed by atoms with Gasteiger partial charge in [-0.1, -0.05) is 12.1 Å². The predicted octanol–water partition coefficient (Wildman–Crippen LogP) is 1.00. The second-order valence-electron chi connectivity index (χ2n) is 7.07. The van der Waals surface area contributed by atoms with Crippen LogP contribution in [-0.4, -0.2) is 46.6 Å². The lowest BCUT2D eigenvalue weighted by Crippen LogP contribution is -2.56. The van der Waals surface area contributed by atoms with Crippen molar-refractivity contribution in [3.05, 3.63) is 47.3 Å². The van der Waals surface area contributed by atoms with Crippen molar-refractivity contribution in [2.45, 2.75) is 38.5 Å². The van der Waals surface area contributed by atoms with Crippen molar-refractivity contribution >= 4 is 21.8 Å². The number of nitrogens with one attached hydrogen (secondary N) is 2. The van der Waals surface area contributed by atoms with Crippen molar-refractivity contribution < 1.29 is 18.3 Å². The second-order valence-corrected chi connectivity index (χ2v) is 8.84. The Labute approximate surface area is 164 Å². The van der Waals surface area contributed by atoms with Crippen LogP contribution in [0.25, 0.3) is 0 Å². The van der Waals surface area contributed by atoms with Crippen LogP contribution in [0.2, 0.25) is 0 Å². The summed E-state index contributed by atoms with van der Waals surface area (Å²) in [6.07, 6.45) is 1.44. The van der Waals surface area contributed by atoms with Crippen molar-refractivity contribution in [2.75, 3.05) is 12.4 Å². The lowest BCUT2D eigenvalue weighted by atomic mass is 10.00. The van der Waals surface area contributed by atoms with Crippen LogP contribution in [0, 0.1) is 6.92 Å². The molecule has 0 bridgehead atoms. The predicted molar refractivity (Wildman–Crippen MR) is 105 cm³/mol. The number of aryl methyl sites for hydroxylation is 2. The Hall–Kier alpha value is -2.27. The van der Waals surface area contributed by atoms with E-state index < -0.39 is 34.3 Å². The highest BCUT2D eigenvalue weighted by Gasteiger charge is 2.41. The number of hydrogen-bond acceptors (Lipinski definition) is 5. The van der Waals surface area contributed by atoms with E-state index in [-0.39, 0.29) is 6.42 Å². The van der Waals surface area contributed by atoms with Crippen molar-refractivity contribution in [3.63, 3.8) is 0 Å². The average Bonchev–Trinajstić information content (AvgIpc) is 2.95. The molecule has 10 heteroatoms. The number of aliphatic hydroxyl groups is 1. The Morgan fingerprint density at radius 2 is 1.96 bits per heavy atom. The SMILES string of the molecule is Cc1nn(C)cc1[C@@H]1C[C@@H](C(=O)Nc2ccc([C@@H](C)O)cc2)N(C)S(=O)(=O)N1. The molecule has 0 aliphatic carbocycles. The highest BCUT2D eigenvalue weighted by molar-refractivity contribution is 7.87. The minimum Gasteiger partial charge on any atom is -0.389 e. The summed E-state index contributed by atoms with van der Waals surface area (Å²) in [4.78, 5) is 12.8. The number of anilines is 1. The van der Waals surface area contributed by atoms with Gasteiger partial charge in [0.05, 0.1) is 17.8 Å². The number of benzene rings is 1. The first-order valence-electron chi connectivity index (χ1n) is 8.93. The third-order valence-electron chi connectivity index (χ3n) is 4.96. The van der Waals surface area contributed by atoms with Crippen LogP contribution in [0.4, 0.5) is 5.69 Å². The van der Waals surface area contributed by atoms with Crippen molar-refractivity contribution in [3.8, 4) is 0 Å². The molecule has 2 aromatic rings. The van der Waals surface area contributed by atoms with Gasteiger partial charge >= 0.3 is 0 Å².